The number of hydrogen-bond acceptors (Lipinski definition) is 4. The topological polar surface area (TPSA) is 80.4 Å². The third-order valence-corrected chi connectivity index (χ3v) is 4.12. The Bertz CT molecular complexity index is 461. The van der Waals surface area contributed by atoms with Gasteiger partial charge in [0, 0.05) is 17.4 Å². The summed E-state index contributed by atoms with van der Waals surface area (Å²) in [7, 11) is 0. The van der Waals surface area contributed by atoms with E-state index in [9.17, 15) is 14.9 Å². The lowest BCUT2D eigenvalue weighted by Gasteiger charge is -2.10. The number of nitro groups is 1. The Morgan fingerprint density at radius 3 is 2.72 bits per heavy atom. The first-order chi connectivity index (χ1) is 8.47. The Balaban J connectivity index is 2.82. The van der Waals surface area contributed by atoms with Crippen LogP contribution < -0.4 is 0 Å². The number of carbonyl (C=O) groups is 1. The summed E-state index contributed by atoms with van der Waals surface area (Å²) in [6.45, 7) is 3.50. The summed E-state index contributed by atoms with van der Waals surface area (Å²) in [6.07, 6.45) is 0.536. The highest BCUT2D eigenvalue weighted by atomic mass is 32.2. The van der Waals surface area contributed by atoms with Crippen LogP contribution in [-0.2, 0) is 10.5 Å². The van der Waals surface area contributed by atoms with Crippen molar-refractivity contribution in [3.8, 4) is 0 Å². The zero-order chi connectivity index (χ0) is 13.7. The number of hydrogen-bond donors (Lipinski definition) is 1. The lowest BCUT2D eigenvalue weighted by Crippen LogP contribution is -2.15. The molecule has 0 saturated heterocycles. The average Bonchev–Trinajstić information content (AvgIpc) is 2.31. The van der Waals surface area contributed by atoms with E-state index in [1.807, 2.05) is 6.92 Å². The van der Waals surface area contributed by atoms with Gasteiger partial charge in [-0.05, 0) is 18.9 Å². The van der Waals surface area contributed by atoms with Crippen LogP contribution in [-0.4, -0.2) is 21.2 Å². The minimum atomic E-state index is -0.842. The zero-order valence-electron chi connectivity index (χ0n) is 10.3. The van der Waals surface area contributed by atoms with Gasteiger partial charge in [-0.25, -0.2) is 0 Å². The first kappa shape index (κ1) is 14.5. The highest BCUT2D eigenvalue weighted by Gasteiger charge is 2.18. The quantitative estimate of drug-likeness (QED) is 0.634. The number of nitro benzene ring substituents is 1. The van der Waals surface area contributed by atoms with Crippen LogP contribution in [0.2, 0.25) is 0 Å². The molecule has 0 amide bonds. The van der Waals surface area contributed by atoms with Gasteiger partial charge in [-0.1, -0.05) is 19.1 Å². The lowest BCUT2D eigenvalue weighted by molar-refractivity contribution is -0.385. The fourth-order valence-corrected chi connectivity index (χ4v) is 2.65. The van der Waals surface area contributed by atoms with Crippen molar-refractivity contribution in [2.75, 3.05) is 0 Å². The largest absolute Gasteiger partial charge is 0.480 e. The number of aliphatic carboxylic acids is 1. The van der Waals surface area contributed by atoms with Crippen LogP contribution in [0.1, 0.15) is 24.5 Å². The second-order valence-electron chi connectivity index (χ2n) is 3.86. The molecular weight excluding hydrogens is 254 g/mol. The maximum absolute atomic E-state index is 10.9. The molecule has 1 aromatic carbocycles. The number of rotatable bonds is 6. The molecule has 6 heteroatoms. The fraction of sp³-hybridized carbons (Fsp3) is 0.417. The molecule has 98 valence electrons. The summed E-state index contributed by atoms with van der Waals surface area (Å²) in [5, 5.41) is 19.2. The molecule has 1 rings (SSSR count). The molecule has 18 heavy (non-hydrogen) atoms. The van der Waals surface area contributed by atoms with Crippen LogP contribution in [0.5, 0.6) is 0 Å². The number of benzene rings is 1. The summed E-state index contributed by atoms with van der Waals surface area (Å²) in [5.74, 6) is -0.371. The van der Waals surface area contributed by atoms with E-state index in [4.69, 9.17) is 5.11 Å². The highest BCUT2D eigenvalue weighted by Crippen LogP contribution is 2.27. The molecule has 5 nitrogen and oxygen atoms in total. The third-order valence-electron chi connectivity index (χ3n) is 2.70. The van der Waals surface area contributed by atoms with Crippen LogP contribution in [0.3, 0.4) is 0 Å². The average molecular weight is 269 g/mol. The Morgan fingerprint density at radius 1 is 1.56 bits per heavy atom. The van der Waals surface area contributed by atoms with Gasteiger partial charge >= 0.3 is 5.97 Å². The summed E-state index contributed by atoms with van der Waals surface area (Å²) < 4.78 is 0. The first-order valence-corrected chi connectivity index (χ1v) is 6.59. The molecule has 0 heterocycles. The molecule has 0 radical (unpaired) electrons. The Labute approximate surface area is 109 Å². The molecule has 0 aliphatic heterocycles. The standard InChI is InChI=1S/C12H15NO4S/c1-3-11(12(14)15)18-7-9-5-4-6-10(8(9)2)13(16)17/h4-6,11H,3,7H2,1-2H3,(H,14,15). The van der Waals surface area contributed by atoms with Crippen molar-refractivity contribution in [3.63, 3.8) is 0 Å². The van der Waals surface area contributed by atoms with Gasteiger partial charge in [-0.2, -0.15) is 0 Å². The number of thioether (sulfide) groups is 1. The predicted octanol–water partition coefficient (Wildman–Crippen LogP) is 3.00. The number of carboxylic acid groups (broad SMARTS) is 1. The van der Waals surface area contributed by atoms with Crippen LogP contribution >= 0.6 is 11.8 Å². The van der Waals surface area contributed by atoms with Crippen LogP contribution in [0, 0.1) is 17.0 Å². The second kappa shape index (κ2) is 6.39. The number of carboxylic acids is 1. The minimum absolute atomic E-state index is 0.0801. The van der Waals surface area contributed by atoms with E-state index in [0.717, 1.165) is 5.56 Å². The second-order valence-corrected chi connectivity index (χ2v) is 5.06. The van der Waals surface area contributed by atoms with Crippen molar-refractivity contribution in [1.29, 1.82) is 0 Å². The molecule has 1 aromatic rings. The summed E-state index contributed by atoms with van der Waals surface area (Å²) in [4.78, 5) is 21.2. The van der Waals surface area contributed by atoms with Crippen molar-refractivity contribution in [2.45, 2.75) is 31.3 Å². The predicted molar refractivity (Wildman–Crippen MR) is 70.8 cm³/mol. The van der Waals surface area contributed by atoms with E-state index in [1.165, 1.54) is 17.8 Å². The minimum Gasteiger partial charge on any atom is -0.480 e. The molecule has 1 atom stereocenters. The number of nitrogens with zero attached hydrogens (tertiary/aromatic N) is 1. The van der Waals surface area contributed by atoms with E-state index in [-0.39, 0.29) is 5.69 Å². The van der Waals surface area contributed by atoms with Crippen LogP contribution in [0.15, 0.2) is 18.2 Å². The molecule has 0 aromatic heterocycles. The van der Waals surface area contributed by atoms with Gasteiger partial charge in [0.25, 0.3) is 5.69 Å². The maximum Gasteiger partial charge on any atom is 0.316 e. The van der Waals surface area contributed by atoms with Gasteiger partial charge in [0.1, 0.15) is 5.25 Å². The normalized spacial score (nSPS) is 12.1. The Morgan fingerprint density at radius 2 is 2.22 bits per heavy atom. The lowest BCUT2D eigenvalue weighted by atomic mass is 10.1. The molecule has 0 saturated carbocycles. The van der Waals surface area contributed by atoms with Gasteiger partial charge in [0.2, 0.25) is 0 Å². The van der Waals surface area contributed by atoms with Crippen molar-refractivity contribution < 1.29 is 14.8 Å². The molecule has 0 aliphatic carbocycles. The molecule has 1 unspecified atom stereocenters. The van der Waals surface area contributed by atoms with E-state index >= 15 is 0 Å². The molecule has 0 bridgehead atoms. The SMILES string of the molecule is CCC(SCc1cccc([N+](=O)[O-])c1C)C(=O)O. The van der Waals surface area contributed by atoms with Gasteiger partial charge in [0.05, 0.1) is 4.92 Å². The smallest absolute Gasteiger partial charge is 0.316 e. The Hall–Kier alpha value is -1.56. The molecule has 0 aliphatic rings. The monoisotopic (exact) mass is 269 g/mol. The fourth-order valence-electron chi connectivity index (χ4n) is 1.58. The van der Waals surface area contributed by atoms with E-state index in [0.29, 0.717) is 17.7 Å². The van der Waals surface area contributed by atoms with Gasteiger partial charge in [0.15, 0.2) is 0 Å². The van der Waals surface area contributed by atoms with Crippen LogP contribution in [0.25, 0.3) is 0 Å². The highest BCUT2D eigenvalue weighted by molar-refractivity contribution is 7.99. The van der Waals surface area contributed by atoms with Crippen molar-refractivity contribution in [1.82, 2.24) is 0 Å². The molecule has 0 spiro atoms. The van der Waals surface area contributed by atoms with Crippen LogP contribution in [0.4, 0.5) is 5.69 Å². The summed E-state index contributed by atoms with van der Waals surface area (Å²) in [5.41, 5.74) is 1.50. The van der Waals surface area contributed by atoms with E-state index in [2.05, 4.69) is 0 Å². The summed E-state index contributed by atoms with van der Waals surface area (Å²) >= 11 is 1.30. The van der Waals surface area contributed by atoms with Gasteiger partial charge in [-0.3, -0.25) is 14.9 Å². The first-order valence-electron chi connectivity index (χ1n) is 5.54. The summed E-state index contributed by atoms with van der Waals surface area (Å²) in [6, 6.07) is 4.88. The zero-order valence-corrected chi connectivity index (χ0v) is 11.1. The maximum atomic E-state index is 10.9. The Kier molecular flexibility index (Phi) is 5.15. The van der Waals surface area contributed by atoms with Gasteiger partial charge in [-0.15, -0.1) is 11.8 Å². The van der Waals surface area contributed by atoms with E-state index < -0.39 is 16.1 Å². The van der Waals surface area contributed by atoms with Crippen molar-refractivity contribution >= 4 is 23.4 Å². The molecule has 0 fully saturated rings. The van der Waals surface area contributed by atoms with Crippen molar-refractivity contribution in [3.05, 3.63) is 39.4 Å². The third kappa shape index (κ3) is 3.46. The van der Waals surface area contributed by atoms with Gasteiger partial charge < -0.3 is 5.11 Å². The molecule has 1 N–H and O–H groups in total. The molecular formula is C12H15NO4S. The van der Waals surface area contributed by atoms with E-state index in [1.54, 1.807) is 19.1 Å². The van der Waals surface area contributed by atoms with Crippen molar-refractivity contribution in [2.24, 2.45) is 0 Å².